The van der Waals surface area contributed by atoms with E-state index in [-0.39, 0.29) is 23.9 Å². The quantitative estimate of drug-likeness (QED) is 0.925. The van der Waals surface area contributed by atoms with E-state index in [1.54, 1.807) is 23.6 Å². The van der Waals surface area contributed by atoms with Crippen molar-refractivity contribution >= 4 is 29.2 Å². The van der Waals surface area contributed by atoms with E-state index >= 15 is 0 Å². The third kappa shape index (κ3) is 3.43. The minimum atomic E-state index is -0.172. The summed E-state index contributed by atoms with van der Waals surface area (Å²) in [7, 11) is 5.29. The maximum atomic E-state index is 12.5. The van der Waals surface area contributed by atoms with Crippen molar-refractivity contribution in [3.63, 3.8) is 0 Å². The first kappa shape index (κ1) is 17.2. The number of likely N-dealkylation sites (N-methyl/N-ethyl adjacent to an activating group) is 2. The van der Waals surface area contributed by atoms with Gasteiger partial charge in [0, 0.05) is 38.6 Å². The zero-order valence-corrected chi connectivity index (χ0v) is 13.2. The molecule has 2 aromatic rings. The van der Waals surface area contributed by atoms with Gasteiger partial charge in [-0.05, 0) is 13.1 Å². The van der Waals surface area contributed by atoms with Gasteiger partial charge in [0.15, 0.2) is 0 Å². The predicted octanol–water partition coefficient (Wildman–Crippen LogP) is 1.25. The standard InChI is InChI=1S/C15H19N3O2.ClH/c1-16-8-9-17(2)15(20)12-10-14(19)18(3)13-7-5-4-6-11(12)13;/h4-7,10,16H,8-9H2,1-3H3;1H. The van der Waals surface area contributed by atoms with E-state index in [0.29, 0.717) is 18.7 Å². The van der Waals surface area contributed by atoms with Gasteiger partial charge in [0.1, 0.15) is 0 Å². The summed E-state index contributed by atoms with van der Waals surface area (Å²) in [6.07, 6.45) is 0. The van der Waals surface area contributed by atoms with Crippen molar-refractivity contribution in [2.75, 3.05) is 27.2 Å². The van der Waals surface area contributed by atoms with Crippen LogP contribution in [-0.4, -0.2) is 42.6 Å². The van der Waals surface area contributed by atoms with E-state index in [1.807, 2.05) is 31.3 Å². The fourth-order valence-corrected chi connectivity index (χ4v) is 2.17. The molecule has 0 aliphatic rings. The normalized spacial score (nSPS) is 10.2. The molecule has 1 N–H and O–H groups in total. The van der Waals surface area contributed by atoms with Crippen molar-refractivity contribution < 1.29 is 4.79 Å². The van der Waals surface area contributed by atoms with Crippen molar-refractivity contribution in [3.05, 3.63) is 46.2 Å². The topological polar surface area (TPSA) is 54.3 Å². The second-order valence-electron chi connectivity index (χ2n) is 4.80. The molecule has 1 amide bonds. The van der Waals surface area contributed by atoms with Crippen LogP contribution in [0.15, 0.2) is 35.1 Å². The molecule has 2 rings (SSSR count). The van der Waals surface area contributed by atoms with Gasteiger partial charge in [0.2, 0.25) is 0 Å². The lowest BCUT2D eigenvalue weighted by molar-refractivity contribution is 0.0798. The minimum absolute atomic E-state index is 0. The Labute approximate surface area is 130 Å². The van der Waals surface area contributed by atoms with Gasteiger partial charge in [-0.2, -0.15) is 0 Å². The van der Waals surface area contributed by atoms with Gasteiger partial charge in [-0.25, -0.2) is 0 Å². The molecule has 0 unspecified atom stereocenters. The van der Waals surface area contributed by atoms with E-state index in [2.05, 4.69) is 5.32 Å². The lowest BCUT2D eigenvalue weighted by Gasteiger charge is -2.18. The SMILES string of the molecule is CNCCN(C)C(=O)c1cc(=O)n(C)c2ccccc12.Cl. The van der Waals surface area contributed by atoms with Crippen molar-refractivity contribution in [2.24, 2.45) is 7.05 Å². The Hall–Kier alpha value is -1.85. The molecule has 1 aromatic heterocycles. The van der Waals surface area contributed by atoms with E-state index in [1.165, 1.54) is 6.07 Å². The van der Waals surface area contributed by atoms with Crippen molar-refractivity contribution in [3.8, 4) is 0 Å². The summed E-state index contributed by atoms with van der Waals surface area (Å²) in [6, 6.07) is 8.87. The van der Waals surface area contributed by atoms with Crippen LogP contribution in [0.25, 0.3) is 10.9 Å². The van der Waals surface area contributed by atoms with E-state index in [0.717, 1.165) is 10.9 Å². The molecule has 0 radical (unpaired) electrons. The number of rotatable bonds is 4. The number of hydrogen-bond acceptors (Lipinski definition) is 3. The molecule has 0 atom stereocenters. The zero-order chi connectivity index (χ0) is 14.7. The molecule has 1 heterocycles. The van der Waals surface area contributed by atoms with Gasteiger partial charge in [-0.3, -0.25) is 9.59 Å². The molecular formula is C15H20ClN3O2. The second kappa shape index (κ2) is 7.24. The first-order chi connectivity index (χ1) is 9.56. The van der Waals surface area contributed by atoms with Gasteiger partial charge in [0.05, 0.1) is 11.1 Å². The molecule has 0 spiro atoms. The van der Waals surface area contributed by atoms with Crippen LogP contribution in [0, 0.1) is 0 Å². The van der Waals surface area contributed by atoms with Crippen LogP contribution in [0.3, 0.4) is 0 Å². The number of nitrogens with one attached hydrogen (secondary N) is 1. The molecule has 21 heavy (non-hydrogen) atoms. The fraction of sp³-hybridized carbons (Fsp3) is 0.333. The van der Waals surface area contributed by atoms with Gasteiger partial charge >= 0.3 is 0 Å². The highest BCUT2D eigenvalue weighted by atomic mass is 35.5. The summed E-state index contributed by atoms with van der Waals surface area (Å²) >= 11 is 0. The molecule has 114 valence electrons. The van der Waals surface area contributed by atoms with Crippen molar-refractivity contribution in [2.45, 2.75) is 0 Å². The number of halogens is 1. The van der Waals surface area contributed by atoms with Crippen molar-refractivity contribution in [1.82, 2.24) is 14.8 Å². The molecule has 0 aliphatic carbocycles. The van der Waals surface area contributed by atoms with Crippen molar-refractivity contribution in [1.29, 1.82) is 0 Å². The highest BCUT2D eigenvalue weighted by molar-refractivity contribution is 6.06. The van der Waals surface area contributed by atoms with E-state index in [9.17, 15) is 9.59 Å². The van der Waals surface area contributed by atoms with Gasteiger partial charge in [-0.1, -0.05) is 18.2 Å². The summed E-state index contributed by atoms with van der Waals surface area (Å²) in [5.74, 6) is -0.130. The average molecular weight is 310 g/mol. The summed E-state index contributed by atoms with van der Waals surface area (Å²) in [6.45, 7) is 1.31. The molecule has 1 aromatic carbocycles. The highest BCUT2D eigenvalue weighted by Crippen LogP contribution is 2.17. The lowest BCUT2D eigenvalue weighted by atomic mass is 10.1. The number of carbonyl (C=O) groups excluding carboxylic acids is 1. The Morgan fingerprint density at radius 1 is 1.33 bits per heavy atom. The number of nitrogens with zero attached hydrogens (tertiary/aromatic N) is 2. The minimum Gasteiger partial charge on any atom is -0.340 e. The number of aromatic nitrogens is 1. The number of pyridine rings is 1. The van der Waals surface area contributed by atoms with Gasteiger partial charge in [0.25, 0.3) is 11.5 Å². The van der Waals surface area contributed by atoms with Crippen LogP contribution in [0.4, 0.5) is 0 Å². The van der Waals surface area contributed by atoms with E-state index < -0.39 is 0 Å². The largest absolute Gasteiger partial charge is 0.340 e. The summed E-state index contributed by atoms with van der Waals surface area (Å²) in [5, 5.41) is 3.80. The van der Waals surface area contributed by atoms with Crippen LogP contribution < -0.4 is 10.9 Å². The maximum Gasteiger partial charge on any atom is 0.254 e. The molecular weight excluding hydrogens is 290 g/mol. The third-order valence-electron chi connectivity index (χ3n) is 3.43. The molecule has 0 fully saturated rings. The average Bonchev–Trinajstić information content (AvgIpc) is 2.47. The summed E-state index contributed by atoms with van der Waals surface area (Å²) < 4.78 is 1.56. The van der Waals surface area contributed by atoms with Crippen LogP contribution in [-0.2, 0) is 7.05 Å². The molecule has 5 nitrogen and oxygen atoms in total. The monoisotopic (exact) mass is 309 g/mol. The maximum absolute atomic E-state index is 12.5. The first-order valence-corrected chi connectivity index (χ1v) is 6.55. The number of benzene rings is 1. The lowest BCUT2D eigenvalue weighted by Crippen LogP contribution is -2.34. The number of para-hydroxylation sites is 1. The Kier molecular flexibility index (Phi) is 5.93. The molecule has 0 bridgehead atoms. The summed E-state index contributed by atoms with van der Waals surface area (Å²) in [4.78, 5) is 26.1. The number of amides is 1. The molecule has 0 aliphatic heterocycles. The second-order valence-corrected chi connectivity index (χ2v) is 4.80. The highest BCUT2D eigenvalue weighted by Gasteiger charge is 2.16. The summed E-state index contributed by atoms with van der Waals surface area (Å²) in [5.41, 5.74) is 1.06. The molecule has 6 heteroatoms. The Bertz CT molecular complexity index is 697. The Morgan fingerprint density at radius 2 is 2.00 bits per heavy atom. The predicted molar refractivity (Wildman–Crippen MR) is 87.3 cm³/mol. The van der Waals surface area contributed by atoms with Crippen LogP contribution in [0.5, 0.6) is 0 Å². The number of aryl methyl sites for hydroxylation is 1. The van der Waals surface area contributed by atoms with E-state index in [4.69, 9.17) is 0 Å². The fourth-order valence-electron chi connectivity index (χ4n) is 2.17. The zero-order valence-electron chi connectivity index (χ0n) is 12.4. The first-order valence-electron chi connectivity index (χ1n) is 6.55. The molecule has 0 saturated heterocycles. The Balaban J connectivity index is 0.00000220. The van der Waals surface area contributed by atoms with Crippen LogP contribution in [0.1, 0.15) is 10.4 Å². The van der Waals surface area contributed by atoms with Crippen LogP contribution in [0.2, 0.25) is 0 Å². The Morgan fingerprint density at radius 3 is 2.67 bits per heavy atom. The number of carbonyl (C=O) groups is 1. The van der Waals surface area contributed by atoms with Gasteiger partial charge in [-0.15, -0.1) is 12.4 Å². The number of fused-ring (bicyclic) bond motifs is 1. The van der Waals surface area contributed by atoms with Gasteiger partial charge < -0.3 is 14.8 Å². The van der Waals surface area contributed by atoms with Crippen LogP contribution >= 0.6 is 12.4 Å². The molecule has 0 saturated carbocycles. The number of hydrogen-bond donors (Lipinski definition) is 1. The third-order valence-corrected chi connectivity index (χ3v) is 3.43. The smallest absolute Gasteiger partial charge is 0.254 e.